The van der Waals surface area contributed by atoms with Crippen molar-refractivity contribution in [3.05, 3.63) is 40.4 Å². The third-order valence-electron chi connectivity index (χ3n) is 2.04. The largest absolute Gasteiger partial charge is 0.465 e. The van der Waals surface area contributed by atoms with Crippen molar-refractivity contribution >= 4 is 23.6 Å². The van der Waals surface area contributed by atoms with Crippen molar-refractivity contribution in [3.8, 4) is 0 Å². The van der Waals surface area contributed by atoms with Crippen LogP contribution in [0.4, 0.5) is 0 Å². The molecule has 0 spiro atoms. The van der Waals surface area contributed by atoms with Crippen LogP contribution in [-0.4, -0.2) is 19.6 Å². The standard InChI is InChI=1S/C12H14ClNO2/c1-16-12(15)10-8-9(4-2-3-7-14)5-6-11(10)13/h2,4-6,8H,3,7,14H2,1H3. The van der Waals surface area contributed by atoms with Crippen LogP contribution in [0.1, 0.15) is 22.3 Å². The van der Waals surface area contributed by atoms with Gasteiger partial charge in [-0.25, -0.2) is 4.79 Å². The van der Waals surface area contributed by atoms with Gasteiger partial charge in [0.25, 0.3) is 0 Å². The van der Waals surface area contributed by atoms with E-state index in [1.165, 1.54) is 7.11 Å². The van der Waals surface area contributed by atoms with Crippen molar-refractivity contribution in [3.63, 3.8) is 0 Å². The molecule has 1 rings (SSSR count). The predicted octanol–water partition coefficient (Wildman–Crippen LogP) is 2.49. The number of ether oxygens (including phenoxy) is 1. The zero-order chi connectivity index (χ0) is 12.0. The van der Waals surface area contributed by atoms with E-state index < -0.39 is 5.97 Å². The van der Waals surface area contributed by atoms with Crippen LogP contribution < -0.4 is 5.73 Å². The van der Waals surface area contributed by atoms with E-state index in [0.717, 1.165) is 12.0 Å². The summed E-state index contributed by atoms with van der Waals surface area (Å²) in [6.45, 7) is 0.605. The number of nitrogens with two attached hydrogens (primary N) is 1. The summed E-state index contributed by atoms with van der Waals surface area (Å²) in [5.41, 5.74) is 6.65. The maximum atomic E-state index is 11.4. The van der Waals surface area contributed by atoms with Crippen LogP contribution in [0.5, 0.6) is 0 Å². The number of carbonyl (C=O) groups is 1. The molecule has 0 radical (unpaired) electrons. The number of hydrogen-bond donors (Lipinski definition) is 1. The van der Waals surface area contributed by atoms with Crippen LogP contribution in [-0.2, 0) is 4.74 Å². The van der Waals surface area contributed by atoms with Crippen molar-refractivity contribution in [1.29, 1.82) is 0 Å². The van der Waals surface area contributed by atoms with Gasteiger partial charge in [0, 0.05) is 0 Å². The van der Waals surface area contributed by atoms with Crippen LogP contribution in [0, 0.1) is 0 Å². The molecule has 0 amide bonds. The van der Waals surface area contributed by atoms with E-state index in [0.29, 0.717) is 17.1 Å². The quantitative estimate of drug-likeness (QED) is 0.822. The van der Waals surface area contributed by atoms with E-state index >= 15 is 0 Å². The average molecular weight is 240 g/mol. The molecule has 0 bridgehead atoms. The van der Waals surface area contributed by atoms with E-state index in [-0.39, 0.29) is 0 Å². The van der Waals surface area contributed by atoms with Gasteiger partial charge in [-0.05, 0) is 30.7 Å². The molecule has 0 aromatic heterocycles. The normalized spacial score (nSPS) is 10.7. The molecule has 0 aliphatic heterocycles. The molecule has 0 heterocycles. The lowest BCUT2D eigenvalue weighted by Gasteiger charge is -2.03. The van der Waals surface area contributed by atoms with Crippen molar-refractivity contribution in [2.45, 2.75) is 6.42 Å². The number of hydrogen-bond acceptors (Lipinski definition) is 3. The summed E-state index contributed by atoms with van der Waals surface area (Å²) in [5, 5.41) is 0.392. The van der Waals surface area contributed by atoms with Gasteiger partial charge in [-0.2, -0.15) is 0 Å². The smallest absolute Gasteiger partial charge is 0.339 e. The molecule has 0 aliphatic rings. The maximum absolute atomic E-state index is 11.4. The van der Waals surface area contributed by atoms with Crippen LogP contribution >= 0.6 is 11.6 Å². The Bertz CT molecular complexity index is 402. The van der Waals surface area contributed by atoms with E-state index in [2.05, 4.69) is 4.74 Å². The number of methoxy groups -OCH3 is 1. The van der Waals surface area contributed by atoms with Gasteiger partial charge < -0.3 is 10.5 Å². The number of carbonyl (C=O) groups excluding carboxylic acids is 1. The van der Waals surface area contributed by atoms with Gasteiger partial charge in [-0.1, -0.05) is 29.8 Å². The minimum atomic E-state index is -0.431. The molecule has 0 saturated carbocycles. The first-order chi connectivity index (χ1) is 7.69. The van der Waals surface area contributed by atoms with Gasteiger partial charge in [0.15, 0.2) is 0 Å². The van der Waals surface area contributed by atoms with E-state index in [1.54, 1.807) is 12.1 Å². The molecular formula is C12H14ClNO2. The molecule has 1 aromatic rings. The molecular weight excluding hydrogens is 226 g/mol. The van der Waals surface area contributed by atoms with E-state index in [4.69, 9.17) is 17.3 Å². The lowest BCUT2D eigenvalue weighted by Crippen LogP contribution is -2.02. The third kappa shape index (κ3) is 3.36. The van der Waals surface area contributed by atoms with Crippen molar-refractivity contribution < 1.29 is 9.53 Å². The Morgan fingerprint density at radius 3 is 2.94 bits per heavy atom. The molecule has 0 fully saturated rings. The number of benzene rings is 1. The molecule has 0 unspecified atom stereocenters. The maximum Gasteiger partial charge on any atom is 0.339 e. The Balaban J connectivity index is 2.93. The molecule has 4 heteroatoms. The first kappa shape index (κ1) is 12.7. The zero-order valence-corrected chi connectivity index (χ0v) is 9.83. The Kier molecular flexibility index (Phi) is 5.02. The van der Waals surface area contributed by atoms with Gasteiger partial charge in [0.1, 0.15) is 0 Å². The summed E-state index contributed by atoms with van der Waals surface area (Å²) < 4.78 is 4.63. The lowest BCUT2D eigenvalue weighted by atomic mass is 10.1. The highest BCUT2D eigenvalue weighted by atomic mass is 35.5. The van der Waals surface area contributed by atoms with E-state index in [1.807, 2.05) is 18.2 Å². The first-order valence-electron chi connectivity index (χ1n) is 4.93. The van der Waals surface area contributed by atoms with Crippen LogP contribution in [0.3, 0.4) is 0 Å². The molecule has 0 atom stereocenters. The summed E-state index contributed by atoms with van der Waals surface area (Å²) in [6.07, 6.45) is 4.65. The molecule has 1 aromatic carbocycles. The molecule has 86 valence electrons. The molecule has 16 heavy (non-hydrogen) atoms. The lowest BCUT2D eigenvalue weighted by molar-refractivity contribution is 0.0601. The molecule has 0 aliphatic carbocycles. The minimum absolute atomic E-state index is 0.374. The second kappa shape index (κ2) is 6.30. The number of rotatable bonds is 4. The Hall–Kier alpha value is -1.32. The third-order valence-corrected chi connectivity index (χ3v) is 2.37. The van der Waals surface area contributed by atoms with Gasteiger partial charge in [-0.15, -0.1) is 0 Å². The predicted molar refractivity (Wildman–Crippen MR) is 65.5 cm³/mol. The van der Waals surface area contributed by atoms with Gasteiger partial charge in [-0.3, -0.25) is 0 Å². The second-order valence-corrected chi connectivity index (χ2v) is 3.62. The van der Waals surface area contributed by atoms with Gasteiger partial charge in [0.05, 0.1) is 17.7 Å². The SMILES string of the molecule is COC(=O)c1cc(C=CCCN)ccc1Cl. The fourth-order valence-corrected chi connectivity index (χ4v) is 1.42. The topological polar surface area (TPSA) is 52.3 Å². The zero-order valence-electron chi connectivity index (χ0n) is 9.07. The summed E-state index contributed by atoms with van der Waals surface area (Å²) in [5.74, 6) is -0.431. The average Bonchev–Trinajstić information content (AvgIpc) is 2.30. The minimum Gasteiger partial charge on any atom is -0.465 e. The van der Waals surface area contributed by atoms with Crippen LogP contribution in [0.2, 0.25) is 5.02 Å². The van der Waals surface area contributed by atoms with Gasteiger partial charge >= 0.3 is 5.97 Å². The fourth-order valence-electron chi connectivity index (χ4n) is 1.23. The molecule has 0 saturated heterocycles. The molecule has 3 nitrogen and oxygen atoms in total. The Morgan fingerprint density at radius 1 is 1.56 bits per heavy atom. The van der Waals surface area contributed by atoms with E-state index in [9.17, 15) is 4.79 Å². The van der Waals surface area contributed by atoms with Crippen molar-refractivity contribution in [2.24, 2.45) is 5.73 Å². The molecule has 2 N–H and O–H groups in total. The van der Waals surface area contributed by atoms with Crippen molar-refractivity contribution in [1.82, 2.24) is 0 Å². The highest BCUT2D eigenvalue weighted by molar-refractivity contribution is 6.33. The summed E-state index contributed by atoms with van der Waals surface area (Å²) >= 11 is 5.89. The highest BCUT2D eigenvalue weighted by Crippen LogP contribution is 2.19. The second-order valence-electron chi connectivity index (χ2n) is 3.21. The van der Waals surface area contributed by atoms with Crippen LogP contribution in [0.15, 0.2) is 24.3 Å². The van der Waals surface area contributed by atoms with Crippen LogP contribution in [0.25, 0.3) is 6.08 Å². The summed E-state index contributed by atoms with van der Waals surface area (Å²) in [4.78, 5) is 11.4. The van der Waals surface area contributed by atoms with Crippen molar-refractivity contribution in [2.75, 3.05) is 13.7 Å². The first-order valence-corrected chi connectivity index (χ1v) is 5.31. The monoisotopic (exact) mass is 239 g/mol. The summed E-state index contributed by atoms with van der Waals surface area (Å²) in [6, 6.07) is 5.21. The Labute approximate surface area is 99.8 Å². The Morgan fingerprint density at radius 2 is 2.31 bits per heavy atom. The number of esters is 1. The fraction of sp³-hybridized carbons (Fsp3) is 0.250. The summed E-state index contributed by atoms with van der Waals surface area (Å²) in [7, 11) is 1.33. The highest BCUT2D eigenvalue weighted by Gasteiger charge is 2.10. The number of halogens is 1. The van der Waals surface area contributed by atoms with Gasteiger partial charge in [0.2, 0.25) is 0 Å².